The number of rotatable bonds is 25. The van der Waals surface area contributed by atoms with E-state index in [9.17, 15) is 9.46 Å². The van der Waals surface area contributed by atoms with E-state index < -0.39 is 7.60 Å². The largest absolute Gasteiger partial charge is 0.385 e. The van der Waals surface area contributed by atoms with Gasteiger partial charge < -0.3 is 13.9 Å². The number of nitrogens with zero attached hydrogens (tertiary/aromatic N) is 1. The first-order valence-corrected chi connectivity index (χ1v) is 16.3. The summed E-state index contributed by atoms with van der Waals surface area (Å²) in [6, 6.07) is 0. The van der Waals surface area contributed by atoms with Crippen molar-refractivity contribution in [3.8, 4) is 0 Å². The molecule has 34 heavy (non-hydrogen) atoms. The summed E-state index contributed by atoms with van der Waals surface area (Å²) in [5.74, 6) is -0.348. The van der Waals surface area contributed by atoms with Crippen LogP contribution in [0.5, 0.6) is 0 Å². The van der Waals surface area contributed by atoms with E-state index >= 15 is 0 Å². The molecule has 0 fully saturated rings. The summed E-state index contributed by atoms with van der Waals surface area (Å²) in [7, 11) is 2.31. The Bertz CT molecular complexity index is 516. The Morgan fingerprint density at radius 1 is 0.676 bits per heavy atom. The highest BCUT2D eigenvalue weighted by atomic mass is 31.2. The smallest absolute Gasteiger partial charge is 0.320 e. The molecule has 0 radical (unpaired) electrons. The lowest BCUT2D eigenvalue weighted by molar-refractivity contribution is -0.883. The molecule has 0 aromatic rings. The zero-order chi connectivity index (χ0) is 25.5. The van der Waals surface area contributed by atoms with E-state index in [-0.39, 0.29) is 5.78 Å². The summed E-state index contributed by atoms with van der Waals surface area (Å²) < 4.78 is 18.4. The van der Waals surface area contributed by atoms with Crippen LogP contribution in [-0.4, -0.2) is 42.9 Å². The van der Waals surface area contributed by atoms with Gasteiger partial charge in [-0.05, 0) is 32.1 Å². The van der Waals surface area contributed by atoms with Gasteiger partial charge in [0.25, 0.3) is 0 Å². The Labute approximate surface area is 214 Å². The van der Waals surface area contributed by atoms with Crippen molar-refractivity contribution in [2.75, 3.05) is 27.7 Å². The van der Waals surface area contributed by atoms with Gasteiger partial charge in [0.05, 0.1) is 27.7 Å². The van der Waals surface area contributed by atoms with E-state index in [1.807, 2.05) is 28.1 Å². The van der Waals surface area contributed by atoms with Gasteiger partial charge in [-0.3, -0.25) is 4.57 Å². The van der Waals surface area contributed by atoms with Crippen LogP contribution in [0.3, 0.4) is 0 Å². The third kappa shape index (κ3) is 20.1. The highest BCUT2D eigenvalue weighted by Crippen LogP contribution is 2.51. The first-order valence-electron chi connectivity index (χ1n) is 14.7. The quantitative estimate of drug-likeness (QED) is 0.0585. The number of hydrogen-bond acceptors (Lipinski definition) is 2. The molecule has 0 saturated carbocycles. The van der Waals surface area contributed by atoms with Gasteiger partial charge in [-0.1, -0.05) is 116 Å². The standard InChI is InChI=1S/C29H60NO3P/c1-6-8-9-10-11-12-13-14-15-16-17-18-19-20-21-22-23-24-25-26-27-28-33-34(31,32)29(7-2)30(3,4)5/h14-15,29H,6-13,16-28H2,1-5H3/p+1. The summed E-state index contributed by atoms with van der Waals surface area (Å²) in [6.45, 7) is 4.63. The fourth-order valence-corrected chi connectivity index (χ4v) is 6.63. The first-order chi connectivity index (χ1) is 16.3. The van der Waals surface area contributed by atoms with Crippen LogP contribution in [0.1, 0.15) is 142 Å². The van der Waals surface area contributed by atoms with Crippen molar-refractivity contribution in [2.24, 2.45) is 0 Å². The van der Waals surface area contributed by atoms with Crippen LogP contribution >= 0.6 is 7.60 Å². The molecule has 5 heteroatoms. The van der Waals surface area contributed by atoms with Gasteiger partial charge in [0, 0.05) is 6.42 Å². The molecule has 2 atom stereocenters. The van der Waals surface area contributed by atoms with Gasteiger partial charge in [-0.15, -0.1) is 0 Å². The maximum absolute atomic E-state index is 12.5. The van der Waals surface area contributed by atoms with Crippen LogP contribution in [0.2, 0.25) is 0 Å². The van der Waals surface area contributed by atoms with E-state index in [4.69, 9.17) is 4.52 Å². The molecule has 0 bridgehead atoms. The average Bonchev–Trinajstić information content (AvgIpc) is 2.76. The molecule has 0 aliphatic carbocycles. The van der Waals surface area contributed by atoms with Crippen molar-refractivity contribution < 1.29 is 18.5 Å². The Kier molecular flexibility index (Phi) is 22.0. The summed E-state index contributed by atoms with van der Waals surface area (Å²) >= 11 is 0. The SMILES string of the molecule is CCCCCCCCC=CCCCCCCCCCCCCCOP(=O)(O)C(CC)[N+](C)(C)C. The third-order valence-corrected chi connectivity index (χ3v) is 9.18. The molecule has 204 valence electrons. The van der Waals surface area contributed by atoms with E-state index in [0.717, 1.165) is 12.8 Å². The third-order valence-electron chi connectivity index (χ3n) is 6.82. The van der Waals surface area contributed by atoms with E-state index in [0.29, 0.717) is 17.5 Å². The van der Waals surface area contributed by atoms with Crippen molar-refractivity contribution >= 4 is 7.60 Å². The summed E-state index contributed by atoms with van der Waals surface area (Å²) in [6.07, 6.45) is 30.3. The second-order valence-electron chi connectivity index (χ2n) is 11.1. The molecule has 4 nitrogen and oxygen atoms in total. The molecule has 0 heterocycles. The molecule has 0 aromatic heterocycles. The Balaban J connectivity index is 3.40. The van der Waals surface area contributed by atoms with Gasteiger partial charge >= 0.3 is 7.60 Å². The second-order valence-corrected chi connectivity index (χ2v) is 13.1. The maximum Gasteiger partial charge on any atom is 0.385 e. The summed E-state index contributed by atoms with van der Waals surface area (Å²) in [5.41, 5.74) is 0. The molecule has 0 aliphatic rings. The van der Waals surface area contributed by atoms with Crippen molar-refractivity contribution in [3.05, 3.63) is 12.2 Å². The first kappa shape index (κ1) is 33.8. The molecule has 0 rings (SSSR count). The van der Waals surface area contributed by atoms with Crippen LogP contribution in [0.4, 0.5) is 0 Å². The summed E-state index contributed by atoms with van der Waals surface area (Å²) in [4.78, 5) is 10.3. The fourth-order valence-electron chi connectivity index (χ4n) is 4.73. The van der Waals surface area contributed by atoms with Gasteiger partial charge in [-0.2, -0.15) is 0 Å². The minimum Gasteiger partial charge on any atom is -0.320 e. The van der Waals surface area contributed by atoms with Crippen molar-refractivity contribution in [3.63, 3.8) is 0 Å². The molecule has 0 amide bonds. The maximum atomic E-state index is 12.5. The van der Waals surface area contributed by atoms with Crippen molar-refractivity contribution in [1.29, 1.82) is 0 Å². The highest BCUT2D eigenvalue weighted by molar-refractivity contribution is 7.53. The Morgan fingerprint density at radius 3 is 1.44 bits per heavy atom. The molecular weight excluding hydrogens is 441 g/mol. The number of unbranched alkanes of at least 4 members (excludes halogenated alkanes) is 17. The minimum atomic E-state index is -3.55. The lowest BCUT2D eigenvalue weighted by atomic mass is 10.0. The van der Waals surface area contributed by atoms with E-state index in [2.05, 4.69) is 19.1 Å². The van der Waals surface area contributed by atoms with Crippen LogP contribution in [-0.2, 0) is 9.09 Å². The minimum absolute atomic E-state index is 0.348. The Hall–Kier alpha value is -0.150. The highest BCUT2D eigenvalue weighted by Gasteiger charge is 2.41. The molecule has 1 N–H and O–H groups in total. The number of quaternary nitrogens is 1. The molecular formula is C29H61NO3P+. The molecule has 0 aliphatic heterocycles. The predicted octanol–water partition coefficient (Wildman–Crippen LogP) is 9.62. The molecule has 0 aromatic carbocycles. The van der Waals surface area contributed by atoms with Gasteiger partial charge in [0.2, 0.25) is 0 Å². The van der Waals surface area contributed by atoms with Crippen molar-refractivity contribution in [1.82, 2.24) is 0 Å². The van der Waals surface area contributed by atoms with E-state index in [1.54, 1.807) is 0 Å². The normalized spacial score (nSPS) is 15.1. The lowest BCUT2D eigenvalue weighted by Crippen LogP contribution is -2.44. The number of hydrogen-bond donors (Lipinski definition) is 1. The fraction of sp³-hybridized carbons (Fsp3) is 0.931. The van der Waals surface area contributed by atoms with E-state index in [1.165, 1.54) is 109 Å². The Morgan fingerprint density at radius 2 is 1.06 bits per heavy atom. The van der Waals surface area contributed by atoms with Gasteiger partial charge in [0.1, 0.15) is 0 Å². The van der Waals surface area contributed by atoms with Gasteiger partial charge in [0.15, 0.2) is 5.78 Å². The predicted molar refractivity (Wildman–Crippen MR) is 150 cm³/mol. The van der Waals surface area contributed by atoms with Crippen LogP contribution in [0.25, 0.3) is 0 Å². The average molecular weight is 503 g/mol. The van der Waals surface area contributed by atoms with Crippen LogP contribution in [0.15, 0.2) is 12.2 Å². The molecule has 0 spiro atoms. The molecule has 0 saturated heterocycles. The molecule has 2 unspecified atom stereocenters. The zero-order valence-electron chi connectivity index (χ0n) is 23.7. The van der Waals surface area contributed by atoms with Gasteiger partial charge in [-0.25, -0.2) is 0 Å². The second kappa shape index (κ2) is 22.1. The monoisotopic (exact) mass is 502 g/mol. The zero-order valence-corrected chi connectivity index (χ0v) is 24.6. The number of allylic oxidation sites excluding steroid dienone is 2. The van der Waals surface area contributed by atoms with Crippen LogP contribution < -0.4 is 0 Å². The van der Waals surface area contributed by atoms with Crippen molar-refractivity contribution in [2.45, 2.75) is 148 Å². The topological polar surface area (TPSA) is 46.5 Å². The van der Waals surface area contributed by atoms with Crippen LogP contribution in [0, 0.1) is 0 Å². The summed E-state index contributed by atoms with van der Waals surface area (Å²) in [5, 5.41) is 0. The lowest BCUT2D eigenvalue weighted by Gasteiger charge is -2.35.